The molecule has 1 unspecified atom stereocenters. The number of thioether (sulfide) groups is 1. The molecular weight excluding hydrogens is 589 g/mol. The van der Waals surface area contributed by atoms with E-state index in [9.17, 15) is 14.4 Å². The van der Waals surface area contributed by atoms with Crippen LogP contribution in [0, 0.1) is 6.92 Å². The minimum atomic E-state index is -0.478. The zero-order chi connectivity index (χ0) is 30.1. The number of rotatable bonds is 10. The highest BCUT2D eigenvalue weighted by atomic mass is 35.5. The predicted octanol–water partition coefficient (Wildman–Crippen LogP) is 8.22. The van der Waals surface area contributed by atoms with Crippen molar-refractivity contribution < 1.29 is 14.4 Å². The molecule has 0 saturated carbocycles. The first kappa shape index (κ1) is 30.9. The molecule has 214 valence electrons. The molecule has 0 aliphatic heterocycles. The number of nitrogens with one attached hydrogen (secondary N) is 3. The van der Waals surface area contributed by atoms with Crippen LogP contribution in [0.25, 0.3) is 6.08 Å². The Bertz CT molecular complexity index is 1630. The molecule has 42 heavy (non-hydrogen) atoms. The number of hydrogen-bond donors (Lipinski definition) is 3. The van der Waals surface area contributed by atoms with Crippen LogP contribution in [-0.2, 0) is 9.59 Å². The van der Waals surface area contributed by atoms with Crippen LogP contribution in [0.5, 0.6) is 0 Å². The number of anilines is 2. The molecule has 6 nitrogen and oxygen atoms in total. The summed E-state index contributed by atoms with van der Waals surface area (Å²) in [5, 5.41) is 8.90. The molecule has 3 amide bonds. The number of carbonyl (C=O) groups is 3. The maximum Gasteiger partial charge on any atom is 0.272 e. The molecule has 4 rings (SSSR count). The Morgan fingerprint density at radius 1 is 0.810 bits per heavy atom. The lowest BCUT2D eigenvalue weighted by Crippen LogP contribution is -2.30. The van der Waals surface area contributed by atoms with Gasteiger partial charge in [-0.05, 0) is 79.1 Å². The van der Waals surface area contributed by atoms with Gasteiger partial charge in [-0.25, -0.2) is 0 Å². The van der Waals surface area contributed by atoms with Gasteiger partial charge >= 0.3 is 0 Å². The summed E-state index contributed by atoms with van der Waals surface area (Å²) in [5.74, 6) is -1.05. The van der Waals surface area contributed by atoms with Crippen LogP contribution < -0.4 is 16.0 Å². The van der Waals surface area contributed by atoms with Crippen molar-refractivity contribution in [2.24, 2.45) is 0 Å². The molecular formula is C33H29Cl2N3O3S. The van der Waals surface area contributed by atoms with Crippen LogP contribution in [0.1, 0.15) is 34.8 Å². The van der Waals surface area contributed by atoms with Gasteiger partial charge in [0.25, 0.3) is 11.8 Å². The maximum atomic E-state index is 13.5. The van der Waals surface area contributed by atoms with E-state index in [1.807, 2.05) is 50.2 Å². The van der Waals surface area contributed by atoms with E-state index in [0.29, 0.717) is 33.4 Å². The molecule has 4 aromatic rings. The molecule has 1 atom stereocenters. The average Bonchev–Trinajstić information content (AvgIpc) is 2.99. The summed E-state index contributed by atoms with van der Waals surface area (Å²) >= 11 is 13.4. The molecule has 0 radical (unpaired) electrons. The second kappa shape index (κ2) is 14.7. The van der Waals surface area contributed by atoms with Gasteiger partial charge in [-0.15, -0.1) is 11.8 Å². The van der Waals surface area contributed by atoms with Gasteiger partial charge in [0.05, 0.1) is 15.3 Å². The van der Waals surface area contributed by atoms with Gasteiger partial charge in [0, 0.05) is 21.8 Å². The van der Waals surface area contributed by atoms with Crippen molar-refractivity contribution in [2.75, 3.05) is 10.6 Å². The van der Waals surface area contributed by atoms with Crippen molar-refractivity contribution in [2.45, 2.75) is 30.4 Å². The van der Waals surface area contributed by atoms with Crippen molar-refractivity contribution in [3.05, 3.63) is 129 Å². The Labute approximate surface area is 259 Å². The lowest BCUT2D eigenvalue weighted by molar-refractivity contribution is -0.116. The Hall–Kier alpha value is -4.04. The Morgan fingerprint density at radius 3 is 2.24 bits per heavy atom. The van der Waals surface area contributed by atoms with E-state index in [1.165, 1.54) is 11.8 Å². The fourth-order valence-corrected chi connectivity index (χ4v) is 5.29. The highest BCUT2D eigenvalue weighted by Gasteiger charge is 2.20. The number of hydrogen-bond acceptors (Lipinski definition) is 4. The monoisotopic (exact) mass is 617 g/mol. The smallest absolute Gasteiger partial charge is 0.272 e. The van der Waals surface area contributed by atoms with Crippen molar-refractivity contribution >= 4 is 70.1 Å². The molecule has 9 heteroatoms. The molecule has 0 aromatic heterocycles. The molecule has 0 fully saturated rings. The third-order valence-corrected chi connectivity index (χ3v) is 8.33. The zero-order valence-corrected chi connectivity index (χ0v) is 25.3. The molecule has 0 heterocycles. The van der Waals surface area contributed by atoms with Gasteiger partial charge in [-0.2, -0.15) is 0 Å². The normalized spacial score (nSPS) is 11.9. The van der Waals surface area contributed by atoms with Crippen molar-refractivity contribution in [3.8, 4) is 0 Å². The molecule has 0 spiro atoms. The minimum absolute atomic E-state index is 0.101. The number of amides is 3. The minimum Gasteiger partial charge on any atom is -0.325 e. The number of aryl methyl sites for hydroxylation is 1. The van der Waals surface area contributed by atoms with Crippen LogP contribution in [0.2, 0.25) is 10.0 Å². The summed E-state index contributed by atoms with van der Waals surface area (Å²) in [6, 6.07) is 28.4. The molecule has 0 aliphatic carbocycles. The fraction of sp³-hybridized carbons (Fsp3) is 0.121. The number of halogens is 2. The summed E-state index contributed by atoms with van der Waals surface area (Å²) in [6.45, 7) is 3.86. The van der Waals surface area contributed by atoms with E-state index in [2.05, 4.69) is 16.0 Å². The Balaban J connectivity index is 1.50. The molecule has 0 bridgehead atoms. The molecule has 3 N–H and O–H groups in total. The molecule has 0 aliphatic rings. The zero-order valence-electron chi connectivity index (χ0n) is 23.0. The fourth-order valence-electron chi connectivity index (χ4n) is 3.98. The van der Waals surface area contributed by atoms with Gasteiger partial charge < -0.3 is 16.0 Å². The number of carbonyl (C=O) groups excluding carboxylic acids is 3. The maximum absolute atomic E-state index is 13.5. The summed E-state index contributed by atoms with van der Waals surface area (Å²) in [7, 11) is 0. The van der Waals surface area contributed by atoms with Crippen LogP contribution in [0.3, 0.4) is 0 Å². The first-order valence-corrected chi connectivity index (χ1v) is 14.8. The van der Waals surface area contributed by atoms with Gasteiger partial charge in [0.2, 0.25) is 5.91 Å². The SMILES string of the molecule is CCC(Sc1cccc(NC(=O)/C(=C/c2ccccc2C)NC(=O)c2ccccc2)c1)C(=O)Nc1ccc(Cl)c(Cl)c1. The summed E-state index contributed by atoms with van der Waals surface area (Å²) < 4.78 is 0. The molecule has 4 aromatic carbocycles. The number of benzene rings is 4. The van der Waals surface area contributed by atoms with Crippen molar-refractivity contribution in [1.82, 2.24) is 5.32 Å². The second-order valence-corrected chi connectivity index (χ2v) is 11.4. The highest BCUT2D eigenvalue weighted by molar-refractivity contribution is 8.00. The topological polar surface area (TPSA) is 87.3 Å². The largest absolute Gasteiger partial charge is 0.325 e. The quantitative estimate of drug-likeness (QED) is 0.124. The van der Waals surface area contributed by atoms with Gasteiger partial charge in [-0.3, -0.25) is 14.4 Å². The van der Waals surface area contributed by atoms with Crippen LogP contribution in [-0.4, -0.2) is 23.0 Å². The standard InChI is InChI=1S/C33H29Cl2N3O3S/c1-3-30(33(41)37-25-16-17-27(34)28(35)20-25)42-26-15-9-14-24(19-26)36-32(40)29(18-23-13-8-7-10-21(23)2)38-31(39)22-11-5-4-6-12-22/h4-20,30H,3H2,1-2H3,(H,36,40)(H,37,41)(H,38,39)/b29-18-. The highest BCUT2D eigenvalue weighted by Crippen LogP contribution is 2.30. The predicted molar refractivity (Wildman–Crippen MR) is 173 cm³/mol. The average molecular weight is 619 g/mol. The Morgan fingerprint density at radius 2 is 1.52 bits per heavy atom. The van der Waals surface area contributed by atoms with E-state index in [-0.39, 0.29) is 11.6 Å². The first-order valence-electron chi connectivity index (χ1n) is 13.2. The van der Waals surface area contributed by atoms with E-state index in [1.54, 1.807) is 66.7 Å². The van der Waals surface area contributed by atoms with E-state index in [4.69, 9.17) is 23.2 Å². The van der Waals surface area contributed by atoms with E-state index < -0.39 is 17.1 Å². The van der Waals surface area contributed by atoms with Crippen LogP contribution in [0.15, 0.2) is 108 Å². The van der Waals surface area contributed by atoms with Crippen molar-refractivity contribution in [1.29, 1.82) is 0 Å². The summed E-state index contributed by atoms with van der Waals surface area (Å²) in [6.07, 6.45) is 2.23. The third-order valence-electron chi connectivity index (χ3n) is 6.24. The lowest BCUT2D eigenvalue weighted by atomic mass is 10.1. The van der Waals surface area contributed by atoms with Crippen LogP contribution >= 0.6 is 35.0 Å². The first-order chi connectivity index (χ1) is 20.2. The second-order valence-electron chi connectivity index (χ2n) is 9.35. The summed E-state index contributed by atoms with van der Waals surface area (Å²) in [5.41, 5.74) is 3.38. The van der Waals surface area contributed by atoms with Gasteiger partial charge in [-0.1, -0.05) is 78.7 Å². The lowest BCUT2D eigenvalue weighted by Gasteiger charge is -2.16. The molecule has 0 saturated heterocycles. The van der Waals surface area contributed by atoms with E-state index >= 15 is 0 Å². The van der Waals surface area contributed by atoms with Crippen LogP contribution in [0.4, 0.5) is 11.4 Å². The van der Waals surface area contributed by atoms with E-state index in [0.717, 1.165) is 16.0 Å². The van der Waals surface area contributed by atoms with Gasteiger partial charge in [0.15, 0.2) is 0 Å². The van der Waals surface area contributed by atoms with Gasteiger partial charge in [0.1, 0.15) is 5.70 Å². The van der Waals surface area contributed by atoms with Crippen molar-refractivity contribution in [3.63, 3.8) is 0 Å². The summed E-state index contributed by atoms with van der Waals surface area (Å²) in [4.78, 5) is 40.2. The Kier molecular flexibility index (Phi) is 10.8. The third kappa shape index (κ3) is 8.49.